The molecule has 2 atom stereocenters. The zero-order chi connectivity index (χ0) is 25.4. The summed E-state index contributed by atoms with van der Waals surface area (Å²) in [4.78, 5) is 28.7. The fourth-order valence-corrected chi connectivity index (χ4v) is 6.85. The molecule has 0 spiro atoms. The zero-order valence-electron chi connectivity index (χ0n) is 19.9. The molecule has 186 valence electrons. The van der Waals surface area contributed by atoms with E-state index >= 15 is 4.39 Å². The van der Waals surface area contributed by atoms with Crippen molar-refractivity contribution in [2.75, 3.05) is 11.6 Å². The van der Waals surface area contributed by atoms with Crippen LogP contribution in [0.5, 0.6) is 5.75 Å². The number of piperidine rings is 1. The van der Waals surface area contributed by atoms with Crippen molar-refractivity contribution < 1.29 is 18.7 Å². The first-order valence-corrected chi connectivity index (χ1v) is 12.9. The Balaban J connectivity index is 1.66. The second kappa shape index (κ2) is 8.09. The Labute approximate surface area is 211 Å². The predicted molar refractivity (Wildman–Crippen MR) is 133 cm³/mol. The molecule has 0 bridgehead atoms. The van der Waals surface area contributed by atoms with Crippen LogP contribution in [0.4, 0.5) is 8.78 Å². The van der Waals surface area contributed by atoms with Crippen LogP contribution in [0.1, 0.15) is 59.9 Å². The summed E-state index contributed by atoms with van der Waals surface area (Å²) in [5.41, 5.74) is 0.831. The van der Waals surface area contributed by atoms with Gasteiger partial charge in [-0.2, -0.15) is 0 Å². The first kappa shape index (κ1) is 23.1. The van der Waals surface area contributed by atoms with Gasteiger partial charge >= 0.3 is 0 Å². The number of halogens is 2. The topological polar surface area (TPSA) is 65.8 Å². The first-order valence-electron chi connectivity index (χ1n) is 11.9. The third-order valence-electron chi connectivity index (χ3n) is 7.49. The SMILES string of the molecule is CC1(C)CC[C@@H]2N(C1)C(=O)c1c(O)c(=O)ccn1N2[C@@H]1c2ccccc2SCc2c1ccc(F)c2F. The number of carbonyl (C=O) groups excluding carboxylic acids is 1. The molecule has 4 heterocycles. The van der Waals surface area contributed by atoms with Crippen molar-refractivity contribution in [3.8, 4) is 5.75 Å². The third-order valence-corrected chi connectivity index (χ3v) is 8.60. The lowest BCUT2D eigenvalue weighted by Crippen LogP contribution is -2.65. The Bertz CT molecular complexity index is 1470. The number of amides is 1. The van der Waals surface area contributed by atoms with E-state index in [4.69, 9.17) is 0 Å². The van der Waals surface area contributed by atoms with Gasteiger partial charge in [-0.05, 0) is 41.5 Å². The number of thioether (sulfide) groups is 1. The van der Waals surface area contributed by atoms with Crippen LogP contribution in [0.2, 0.25) is 0 Å². The molecular weight excluding hydrogens is 484 g/mol. The van der Waals surface area contributed by atoms with Crippen LogP contribution < -0.4 is 10.4 Å². The van der Waals surface area contributed by atoms with Crippen molar-refractivity contribution in [1.82, 2.24) is 9.58 Å². The van der Waals surface area contributed by atoms with Crippen LogP contribution in [0.3, 0.4) is 0 Å². The van der Waals surface area contributed by atoms with E-state index in [2.05, 4.69) is 13.8 Å². The summed E-state index contributed by atoms with van der Waals surface area (Å²) in [6, 6.07) is 11.1. The van der Waals surface area contributed by atoms with Crippen LogP contribution in [-0.4, -0.2) is 33.3 Å². The van der Waals surface area contributed by atoms with Crippen LogP contribution >= 0.6 is 11.8 Å². The molecule has 36 heavy (non-hydrogen) atoms. The molecule has 0 radical (unpaired) electrons. The molecule has 0 unspecified atom stereocenters. The molecule has 3 aromatic rings. The molecule has 0 saturated carbocycles. The molecule has 9 heteroatoms. The number of aromatic nitrogens is 1. The Kier molecular flexibility index (Phi) is 5.19. The highest BCUT2D eigenvalue weighted by Gasteiger charge is 2.48. The number of pyridine rings is 1. The minimum Gasteiger partial charge on any atom is -0.502 e. The van der Waals surface area contributed by atoms with Crippen molar-refractivity contribution in [3.63, 3.8) is 0 Å². The van der Waals surface area contributed by atoms with Crippen LogP contribution in [0, 0.1) is 17.0 Å². The summed E-state index contributed by atoms with van der Waals surface area (Å²) >= 11 is 1.44. The third kappa shape index (κ3) is 3.36. The lowest BCUT2D eigenvalue weighted by atomic mass is 9.81. The molecule has 1 N–H and O–H groups in total. The Morgan fingerprint density at radius 1 is 1.06 bits per heavy atom. The average Bonchev–Trinajstić information content (AvgIpc) is 3.01. The van der Waals surface area contributed by atoms with Gasteiger partial charge in [-0.15, -0.1) is 11.8 Å². The van der Waals surface area contributed by atoms with Gasteiger partial charge < -0.3 is 10.0 Å². The molecular formula is C27H25F2N3O3S. The second-order valence-electron chi connectivity index (χ2n) is 10.4. The number of nitrogens with zero attached hydrogens (tertiary/aromatic N) is 3. The van der Waals surface area contributed by atoms with Gasteiger partial charge in [-0.25, -0.2) is 8.78 Å². The van der Waals surface area contributed by atoms with Gasteiger partial charge in [0.15, 0.2) is 23.1 Å². The van der Waals surface area contributed by atoms with E-state index in [1.807, 2.05) is 29.3 Å². The van der Waals surface area contributed by atoms with E-state index in [0.717, 1.165) is 22.9 Å². The molecule has 1 aromatic heterocycles. The predicted octanol–water partition coefficient (Wildman–Crippen LogP) is 4.77. The standard InChI is InChI=1S/C27H25F2N3O3S/c1-27(2)11-9-21-30(14-27)26(35)24-25(34)19(33)10-12-31(24)32(21)23-15-7-8-18(28)22(29)17(15)13-36-20-6-4-3-5-16(20)23/h3-8,10,12,21,23,34H,9,11,13-14H2,1-2H3/t21-,23+/m1/s1. The maximum absolute atomic E-state index is 15.2. The van der Waals surface area contributed by atoms with Gasteiger partial charge in [0.1, 0.15) is 6.17 Å². The van der Waals surface area contributed by atoms with Crippen molar-refractivity contribution in [1.29, 1.82) is 0 Å². The summed E-state index contributed by atoms with van der Waals surface area (Å²) in [7, 11) is 0. The lowest BCUT2D eigenvalue weighted by molar-refractivity contribution is 0.0214. The molecule has 3 aliphatic rings. The normalized spacial score (nSPS) is 22.3. The largest absolute Gasteiger partial charge is 0.502 e. The van der Waals surface area contributed by atoms with Gasteiger partial charge in [0.2, 0.25) is 5.43 Å². The minimum absolute atomic E-state index is 0.116. The van der Waals surface area contributed by atoms with Crippen LogP contribution in [0.25, 0.3) is 0 Å². The summed E-state index contributed by atoms with van der Waals surface area (Å²) < 4.78 is 31.1. The fourth-order valence-electron chi connectivity index (χ4n) is 5.74. The van der Waals surface area contributed by atoms with Crippen molar-refractivity contribution in [2.24, 2.45) is 5.41 Å². The number of aromatic hydroxyl groups is 1. The monoisotopic (exact) mass is 509 g/mol. The lowest BCUT2D eigenvalue weighted by Gasteiger charge is -2.54. The number of hydrogen-bond acceptors (Lipinski definition) is 5. The Hall–Kier alpha value is -3.33. The maximum Gasteiger partial charge on any atom is 0.278 e. The van der Waals surface area contributed by atoms with Crippen LogP contribution in [-0.2, 0) is 5.75 Å². The van der Waals surface area contributed by atoms with Gasteiger partial charge in [0, 0.05) is 35.0 Å². The van der Waals surface area contributed by atoms with E-state index in [1.165, 1.54) is 24.0 Å². The molecule has 6 rings (SSSR count). The first-order chi connectivity index (χ1) is 17.2. The summed E-state index contributed by atoms with van der Waals surface area (Å²) in [6.45, 7) is 4.60. The van der Waals surface area contributed by atoms with E-state index in [1.54, 1.807) is 15.6 Å². The Morgan fingerprint density at radius 3 is 2.64 bits per heavy atom. The molecule has 1 saturated heterocycles. The number of fused-ring (bicyclic) bond motifs is 4. The van der Waals surface area contributed by atoms with Crippen LogP contribution in [0.15, 0.2) is 58.4 Å². The molecule has 1 fully saturated rings. The summed E-state index contributed by atoms with van der Waals surface area (Å²) in [5.74, 6) is -2.56. The molecule has 1 amide bonds. The highest BCUT2D eigenvalue weighted by Crippen LogP contribution is 2.47. The summed E-state index contributed by atoms with van der Waals surface area (Å²) in [6.07, 6.45) is 2.55. The maximum atomic E-state index is 15.2. The number of benzene rings is 2. The quantitative estimate of drug-likeness (QED) is 0.512. The van der Waals surface area contributed by atoms with Gasteiger partial charge in [-0.3, -0.25) is 19.3 Å². The number of carbonyl (C=O) groups is 1. The Morgan fingerprint density at radius 2 is 1.83 bits per heavy atom. The average molecular weight is 510 g/mol. The molecule has 6 nitrogen and oxygen atoms in total. The highest BCUT2D eigenvalue weighted by atomic mass is 32.2. The van der Waals surface area contributed by atoms with Gasteiger partial charge in [0.05, 0.1) is 6.04 Å². The van der Waals surface area contributed by atoms with E-state index in [0.29, 0.717) is 18.5 Å². The number of hydrogen-bond donors (Lipinski definition) is 1. The molecule has 3 aliphatic heterocycles. The smallest absolute Gasteiger partial charge is 0.278 e. The molecule has 0 aliphatic carbocycles. The fraction of sp³-hybridized carbons (Fsp3) is 0.333. The second-order valence-corrected chi connectivity index (χ2v) is 11.4. The highest BCUT2D eigenvalue weighted by molar-refractivity contribution is 7.98. The van der Waals surface area contributed by atoms with Gasteiger partial charge in [-0.1, -0.05) is 38.1 Å². The zero-order valence-corrected chi connectivity index (χ0v) is 20.7. The van der Waals surface area contributed by atoms with Crippen molar-refractivity contribution in [3.05, 3.63) is 92.9 Å². The van der Waals surface area contributed by atoms with Crippen molar-refractivity contribution >= 4 is 17.7 Å². The van der Waals surface area contributed by atoms with E-state index in [9.17, 15) is 19.1 Å². The van der Waals surface area contributed by atoms with Crippen molar-refractivity contribution in [2.45, 2.75) is 49.5 Å². The number of rotatable bonds is 1. The minimum atomic E-state index is -0.907. The van der Waals surface area contributed by atoms with E-state index < -0.39 is 40.9 Å². The molecule has 2 aromatic carbocycles. The summed E-state index contributed by atoms with van der Waals surface area (Å²) in [5, 5.41) is 12.7. The van der Waals surface area contributed by atoms with E-state index in [-0.39, 0.29) is 22.4 Å². The van der Waals surface area contributed by atoms with Gasteiger partial charge in [0.25, 0.3) is 5.91 Å².